The molecule has 0 amide bonds. The molecule has 2 fully saturated rings. The van der Waals surface area contributed by atoms with Gasteiger partial charge in [0.05, 0.1) is 26.6 Å². The molecule has 9 N–H and O–H groups in total. The van der Waals surface area contributed by atoms with Crippen LogP contribution in [-0.4, -0.2) is 106 Å². The van der Waals surface area contributed by atoms with Crippen molar-refractivity contribution in [3.8, 4) is 0 Å². The summed E-state index contributed by atoms with van der Waals surface area (Å²) >= 11 is 4.41. The highest BCUT2D eigenvalue weighted by Gasteiger charge is 2.49. The number of aryl methyl sites for hydroxylation is 1. The lowest BCUT2D eigenvalue weighted by atomic mass is 10.1. The fourth-order valence-corrected chi connectivity index (χ4v) is 10.5. The van der Waals surface area contributed by atoms with Gasteiger partial charge in [0.25, 0.3) is 32.7 Å². The first kappa shape index (κ1) is 39.6. The number of anilines is 2. The number of fused-ring (bicyclic) bond motifs is 2. The monoisotopic (exact) mass is 830 g/mol. The van der Waals surface area contributed by atoms with Gasteiger partial charge in [0.2, 0.25) is 17.7 Å². The molecule has 2 aliphatic heterocycles. The molecule has 53 heavy (non-hydrogen) atoms. The van der Waals surface area contributed by atoms with E-state index in [-0.39, 0.29) is 34.2 Å². The maximum absolute atomic E-state index is 12.7. The quantitative estimate of drug-likeness (QED) is 0.0487. The molecule has 2 aliphatic rings. The number of methoxy groups -OCH3 is 1. The molecule has 4 aromatic rings. The third kappa shape index (κ3) is 8.00. The number of aliphatic hydroxyl groups excluding tert-OH is 3. The van der Waals surface area contributed by atoms with Crippen LogP contribution in [0.3, 0.4) is 0 Å². The number of hydrogen-bond donors (Lipinski definition) is 7. The van der Waals surface area contributed by atoms with Gasteiger partial charge in [-0.1, -0.05) is 16.8 Å². The fourth-order valence-electron chi connectivity index (χ4n) is 5.65. The van der Waals surface area contributed by atoms with Crippen LogP contribution in [0, 0.1) is 0 Å². The molecule has 0 aromatic carbocycles. The molecule has 11 atom stereocenters. The summed E-state index contributed by atoms with van der Waals surface area (Å²) in [6.45, 7) is -7.63. The Morgan fingerprint density at radius 3 is 2.17 bits per heavy atom. The van der Waals surface area contributed by atoms with Crippen molar-refractivity contribution in [3.63, 3.8) is 0 Å². The minimum Gasteiger partial charge on any atom is -0.779 e. The zero-order valence-corrected chi connectivity index (χ0v) is 30.3. The molecule has 5 unspecified atom stereocenters. The van der Waals surface area contributed by atoms with Gasteiger partial charge in [-0.3, -0.25) is 46.4 Å². The molecular formula is C22H29N10O17P3S-2. The number of hydrogen-bond acceptors (Lipinski definition) is 23. The van der Waals surface area contributed by atoms with Gasteiger partial charge in [-0.15, -0.1) is 0 Å². The third-order valence-electron chi connectivity index (χ3n) is 7.90. The second kappa shape index (κ2) is 14.5. The average Bonchev–Trinajstić information content (AvgIpc) is 3.77. The molecule has 6 heterocycles. The Hall–Kier alpha value is -3.11. The molecule has 2 saturated heterocycles. The summed E-state index contributed by atoms with van der Waals surface area (Å²) in [6.07, 6.45) is -9.72. The van der Waals surface area contributed by atoms with Gasteiger partial charge in [-0.25, -0.2) is 9.55 Å². The van der Waals surface area contributed by atoms with Crippen LogP contribution < -0.4 is 41.8 Å². The number of nitrogens with zero attached hydrogens (tertiary/aromatic N) is 6. The van der Waals surface area contributed by atoms with Crippen LogP contribution >= 0.6 is 22.4 Å². The second-order valence-corrected chi connectivity index (χ2v) is 17.3. The summed E-state index contributed by atoms with van der Waals surface area (Å²) in [4.78, 5) is 78.6. The van der Waals surface area contributed by atoms with E-state index in [4.69, 9.17) is 25.7 Å². The van der Waals surface area contributed by atoms with E-state index in [9.17, 15) is 48.7 Å². The van der Waals surface area contributed by atoms with Crippen LogP contribution in [0.4, 0.5) is 11.9 Å². The van der Waals surface area contributed by atoms with Crippen molar-refractivity contribution < 1.29 is 75.6 Å². The van der Waals surface area contributed by atoms with Crippen molar-refractivity contribution in [1.29, 1.82) is 0 Å². The molecular weight excluding hydrogens is 801 g/mol. The van der Waals surface area contributed by atoms with E-state index >= 15 is 0 Å². The van der Waals surface area contributed by atoms with Crippen molar-refractivity contribution in [2.24, 2.45) is 7.05 Å². The molecule has 0 radical (unpaired) electrons. The topological polar surface area (TPSA) is 399 Å². The highest BCUT2D eigenvalue weighted by Crippen LogP contribution is 2.63. The first-order valence-corrected chi connectivity index (χ1v) is 20.2. The van der Waals surface area contributed by atoms with Crippen molar-refractivity contribution in [3.05, 3.63) is 33.4 Å². The van der Waals surface area contributed by atoms with E-state index in [1.807, 2.05) is 0 Å². The summed E-state index contributed by atoms with van der Waals surface area (Å²) in [7, 11) is -8.87. The number of nitrogen functional groups attached to an aromatic ring is 2. The summed E-state index contributed by atoms with van der Waals surface area (Å²) < 4.78 is 62.9. The largest absolute Gasteiger partial charge is 0.779 e. The van der Waals surface area contributed by atoms with Crippen molar-refractivity contribution in [2.75, 3.05) is 31.8 Å². The van der Waals surface area contributed by atoms with Gasteiger partial charge >= 0.3 is 5.65 Å². The van der Waals surface area contributed by atoms with Crippen molar-refractivity contribution >= 4 is 68.4 Å². The Bertz CT molecular complexity index is 2300. The number of H-pyrrole nitrogens is 2. The standard InChI is InChI=1S/C22H31N10O17P3S/c1-30-6-32(16-10(30)18(37)29-22(24)27-16)20-14(43-2)12(34)8(47-20)4-45-51(40,41)49-52(42,53)48-50(38,39)44-3-7-11(33)13(35)19(46-7)31-5-25-9-15(31)26-21(23)28-17(9)36/h5-8,11-14,19-20,33-35H,3-4H2,1-2H3,(H8-,23,24,26,27,28,29,36,37,38,39,40,41,42,53)/p-2/t7-,8-,11?,12+,13+,14?,19-,20-,52?/m1/s1. The second-order valence-electron chi connectivity index (χ2n) is 11.4. The third-order valence-corrected chi connectivity index (χ3v) is 13.2. The Morgan fingerprint density at radius 1 is 0.962 bits per heavy atom. The number of phosphoric acid groups is 2. The summed E-state index contributed by atoms with van der Waals surface area (Å²) in [5, 5.41) is 31.8. The Balaban J connectivity index is 1.06. The number of aliphatic hydroxyl groups is 3. The van der Waals surface area contributed by atoms with Gasteiger partial charge in [0.15, 0.2) is 23.7 Å². The van der Waals surface area contributed by atoms with Crippen LogP contribution in [0.25, 0.3) is 22.3 Å². The Kier molecular flexibility index (Phi) is 10.8. The van der Waals surface area contributed by atoms with Crippen molar-refractivity contribution in [1.82, 2.24) is 34.1 Å². The molecule has 6 rings (SSSR count). The highest BCUT2D eigenvalue weighted by molar-refractivity contribution is 8.09. The van der Waals surface area contributed by atoms with Gasteiger partial charge in [-0.2, -0.15) is 4.98 Å². The molecule has 0 saturated carbocycles. The Labute approximate surface area is 299 Å². The molecule has 0 bridgehead atoms. The smallest absolute Gasteiger partial charge is 0.313 e. The van der Waals surface area contributed by atoms with Gasteiger partial charge in [0.1, 0.15) is 43.3 Å². The predicted molar refractivity (Wildman–Crippen MR) is 169 cm³/mol. The molecule has 4 aromatic heterocycles. The normalized spacial score (nSPS) is 29.7. The van der Waals surface area contributed by atoms with Gasteiger partial charge in [0, 0.05) is 7.11 Å². The van der Waals surface area contributed by atoms with E-state index in [1.165, 1.54) is 29.6 Å². The molecule has 27 nitrogen and oxygen atoms in total. The van der Waals surface area contributed by atoms with Gasteiger partial charge < -0.3 is 64.7 Å². The lowest BCUT2D eigenvalue weighted by molar-refractivity contribution is -0.746. The first-order chi connectivity index (χ1) is 24.7. The lowest BCUT2D eigenvalue weighted by Gasteiger charge is -2.37. The summed E-state index contributed by atoms with van der Waals surface area (Å²) in [5.41, 5.74) is 9.67. The number of nitrogens with one attached hydrogen (secondary N) is 2. The van der Waals surface area contributed by atoms with E-state index in [1.54, 1.807) is 0 Å². The van der Waals surface area contributed by atoms with Crippen molar-refractivity contribution in [2.45, 2.75) is 49.1 Å². The van der Waals surface area contributed by atoms with E-state index in [0.717, 1.165) is 10.9 Å². The number of aromatic nitrogens is 8. The van der Waals surface area contributed by atoms with E-state index in [0.29, 0.717) is 0 Å². The minimum atomic E-state index is -5.81. The summed E-state index contributed by atoms with van der Waals surface area (Å²) in [5.74, 6) is -0.536. The summed E-state index contributed by atoms with van der Waals surface area (Å²) in [6, 6.07) is 0. The number of aromatic amines is 2. The number of nitrogens with two attached hydrogens (primary N) is 2. The molecule has 0 aliphatic carbocycles. The minimum absolute atomic E-state index is 0.0263. The molecule has 292 valence electrons. The maximum atomic E-state index is 12.7. The number of phosphoric ester groups is 2. The van der Waals surface area contributed by atoms with Crippen LogP contribution in [0.15, 0.2) is 22.2 Å². The first-order valence-electron chi connectivity index (χ1n) is 14.7. The zero-order valence-electron chi connectivity index (χ0n) is 26.8. The van der Waals surface area contributed by atoms with Crippen LogP contribution in [-0.2, 0) is 59.9 Å². The zero-order chi connectivity index (χ0) is 38.8. The SMILES string of the molecule is COC1[C@@H](O)[C@@H](COP(=O)([O-])OP([O-])(=S)OP(=O)([O-])OC[C@H]2O[C@@H](n3cnc4c(=O)[nH]c(N)nc43)[C@@H](O)C2O)O[C@H]1[n+]1cn(C)c2c(=O)[nH]c(N)nc21. The maximum Gasteiger partial charge on any atom is 0.313 e. The van der Waals surface area contributed by atoms with E-state index in [2.05, 4.69) is 54.4 Å². The number of ether oxygens (including phenoxy) is 3. The van der Waals surface area contributed by atoms with E-state index < -0.39 is 95.8 Å². The molecule has 0 spiro atoms. The fraction of sp³-hybridized carbons (Fsp3) is 0.545. The number of imidazole rings is 2. The Morgan fingerprint density at radius 2 is 1.55 bits per heavy atom. The molecule has 31 heteroatoms. The van der Waals surface area contributed by atoms with Crippen LogP contribution in [0.1, 0.15) is 12.5 Å². The van der Waals surface area contributed by atoms with Crippen LogP contribution in [0.5, 0.6) is 0 Å². The van der Waals surface area contributed by atoms with Crippen LogP contribution in [0.2, 0.25) is 0 Å². The predicted octanol–water partition coefficient (Wildman–Crippen LogP) is -5.67. The lowest BCUT2D eigenvalue weighted by Crippen LogP contribution is -2.47. The number of rotatable bonds is 13. The van der Waals surface area contributed by atoms with Gasteiger partial charge in [-0.05, 0) is 0 Å². The highest BCUT2D eigenvalue weighted by atomic mass is 32.5. The average molecular weight is 831 g/mol.